The van der Waals surface area contributed by atoms with Gasteiger partial charge in [-0.15, -0.1) is 0 Å². The van der Waals surface area contributed by atoms with Gasteiger partial charge in [-0.25, -0.2) is 18.7 Å². The van der Waals surface area contributed by atoms with Crippen molar-refractivity contribution in [2.75, 3.05) is 6.61 Å². The molecule has 4 rings (SSSR count). The van der Waals surface area contributed by atoms with Gasteiger partial charge in [0, 0.05) is 54.9 Å². The molecule has 1 heterocycles. The van der Waals surface area contributed by atoms with Crippen molar-refractivity contribution in [1.82, 2.24) is 15.3 Å². The van der Waals surface area contributed by atoms with Gasteiger partial charge in [-0.1, -0.05) is 12.1 Å². The lowest BCUT2D eigenvalue weighted by Crippen LogP contribution is -2.45. The Bertz CT molecular complexity index is 977. The molecule has 4 unspecified atom stereocenters. The predicted octanol–water partition coefficient (Wildman–Crippen LogP) is 4.23. The van der Waals surface area contributed by atoms with Crippen LogP contribution in [0.3, 0.4) is 0 Å². The third-order valence-corrected chi connectivity index (χ3v) is 7.04. The van der Waals surface area contributed by atoms with Gasteiger partial charge in [0.15, 0.2) is 5.82 Å². The SMILES string of the molecule is OCC1C(O)CC(NC2CCC(F)(F)CC2)C1Cc1ccnc(-c2cccc(C(F)(F)F)c2)n1. The third-order valence-electron chi connectivity index (χ3n) is 7.04. The molecule has 2 saturated carbocycles. The fraction of sp³-hybridized carbons (Fsp3) is 0.583. The second-order valence-corrected chi connectivity index (χ2v) is 9.37. The summed E-state index contributed by atoms with van der Waals surface area (Å²) in [6, 6.07) is 6.16. The average Bonchev–Trinajstić information content (AvgIpc) is 3.08. The molecular weight excluding hydrogens is 457 g/mol. The van der Waals surface area contributed by atoms with E-state index < -0.39 is 29.7 Å². The molecule has 2 fully saturated rings. The van der Waals surface area contributed by atoms with E-state index in [4.69, 9.17) is 0 Å². The molecule has 1 aromatic carbocycles. The first-order chi connectivity index (χ1) is 16.1. The maximum Gasteiger partial charge on any atom is 0.416 e. The van der Waals surface area contributed by atoms with Gasteiger partial charge in [-0.2, -0.15) is 13.2 Å². The zero-order valence-electron chi connectivity index (χ0n) is 18.5. The van der Waals surface area contributed by atoms with E-state index in [1.165, 1.54) is 18.3 Å². The number of nitrogens with zero attached hydrogens (tertiary/aromatic N) is 2. The van der Waals surface area contributed by atoms with Gasteiger partial charge in [-0.3, -0.25) is 0 Å². The highest BCUT2D eigenvalue weighted by molar-refractivity contribution is 5.56. The van der Waals surface area contributed by atoms with Gasteiger partial charge in [0.05, 0.1) is 11.7 Å². The van der Waals surface area contributed by atoms with E-state index in [1.807, 2.05) is 0 Å². The highest BCUT2D eigenvalue weighted by Gasteiger charge is 2.44. The van der Waals surface area contributed by atoms with Gasteiger partial charge in [0.2, 0.25) is 5.92 Å². The summed E-state index contributed by atoms with van der Waals surface area (Å²) in [5, 5.41) is 23.8. The van der Waals surface area contributed by atoms with Gasteiger partial charge < -0.3 is 15.5 Å². The first-order valence-electron chi connectivity index (χ1n) is 11.5. The van der Waals surface area contributed by atoms with Crippen molar-refractivity contribution in [3.63, 3.8) is 0 Å². The Balaban J connectivity index is 1.52. The Kier molecular flexibility index (Phi) is 7.21. The van der Waals surface area contributed by atoms with Crippen molar-refractivity contribution >= 4 is 0 Å². The molecule has 2 aliphatic rings. The lowest BCUT2D eigenvalue weighted by Gasteiger charge is -2.33. The molecule has 4 atom stereocenters. The van der Waals surface area contributed by atoms with Crippen LogP contribution in [0, 0.1) is 11.8 Å². The van der Waals surface area contributed by atoms with Crippen molar-refractivity contribution in [1.29, 1.82) is 0 Å². The van der Waals surface area contributed by atoms with Crippen LogP contribution < -0.4 is 5.32 Å². The van der Waals surface area contributed by atoms with E-state index in [0.29, 0.717) is 31.4 Å². The van der Waals surface area contributed by atoms with E-state index in [-0.39, 0.29) is 48.8 Å². The van der Waals surface area contributed by atoms with Crippen LogP contribution in [0.15, 0.2) is 36.5 Å². The molecule has 0 saturated heterocycles. The summed E-state index contributed by atoms with van der Waals surface area (Å²) in [5.41, 5.74) is 0.0159. The Morgan fingerprint density at radius 2 is 1.82 bits per heavy atom. The maximum absolute atomic E-state index is 13.5. The molecule has 34 heavy (non-hydrogen) atoms. The third kappa shape index (κ3) is 5.72. The summed E-state index contributed by atoms with van der Waals surface area (Å²) in [5.74, 6) is -3.12. The molecule has 10 heteroatoms. The predicted molar refractivity (Wildman–Crippen MR) is 115 cm³/mol. The zero-order chi connectivity index (χ0) is 24.5. The zero-order valence-corrected chi connectivity index (χ0v) is 18.5. The number of hydrogen-bond acceptors (Lipinski definition) is 5. The average molecular weight is 485 g/mol. The highest BCUT2D eigenvalue weighted by Crippen LogP contribution is 2.38. The molecule has 0 radical (unpaired) electrons. The molecule has 0 amide bonds. The normalized spacial score (nSPS) is 27.7. The maximum atomic E-state index is 13.5. The number of aliphatic hydroxyl groups is 2. The lowest BCUT2D eigenvalue weighted by molar-refractivity contribution is -0.137. The number of hydrogen-bond donors (Lipinski definition) is 3. The first kappa shape index (κ1) is 24.9. The number of nitrogens with one attached hydrogen (secondary N) is 1. The van der Waals surface area contributed by atoms with E-state index >= 15 is 0 Å². The van der Waals surface area contributed by atoms with Gasteiger partial charge in [0.1, 0.15) is 0 Å². The van der Waals surface area contributed by atoms with Crippen molar-refractivity contribution < 1.29 is 32.2 Å². The van der Waals surface area contributed by atoms with Crippen LogP contribution in [0.25, 0.3) is 11.4 Å². The fourth-order valence-electron chi connectivity index (χ4n) is 5.17. The fourth-order valence-corrected chi connectivity index (χ4v) is 5.17. The number of alkyl halides is 5. The molecule has 0 bridgehead atoms. The molecule has 2 aliphatic carbocycles. The molecule has 186 valence electrons. The second-order valence-electron chi connectivity index (χ2n) is 9.37. The second kappa shape index (κ2) is 9.83. The Morgan fingerprint density at radius 3 is 2.50 bits per heavy atom. The smallest absolute Gasteiger partial charge is 0.396 e. The molecule has 5 nitrogen and oxygen atoms in total. The van der Waals surface area contributed by atoms with Crippen LogP contribution in [0.1, 0.15) is 43.4 Å². The number of benzene rings is 1. The molecule has 0 spiro atoms. The largest absolute Gasteiger partial charge is 0.416 e. The van der Waals surface area contributed by atoms with E-state index in [2.05, 4.69) is 15.3 Å². The minimum Gasteiger partial charge on any atom is -0.396 e. The van der Waals surface area contributed by atoms with Gasteiger partial charge in [-0.05, 0) is 49.8 Å². The van der Waals surface area contributed by atoms with Crippen LogP contribution in [0.2, 0.25) is 0 Å². The number of halogens is 5. The monoisotopic (exact) mass is 485 g/mol. The van der Waals surface area contributed by atoms with Crippen molar-refractivity contribution in [3.8, 4) is 11.4 Å². The summed E-state index contributed by atoms with van der Waals surface area (Å²) < 4.78 is 66.3. The van der Waals surface area contributed by atoms with Gasteiger partial charge >= 0.3 is 6.18 Å². The van der Waals surface area contributed by atoms with Crippen molar-refractivity contribution in [2.24, 2.45) is 11.8 Å². The Morgan fingerprint density at radius 1 is 1.09 bits per heavy atom. The molecule has 3 N–H and O–H groups in total. The summed E-state index contributed by atoms with van der Waals surface area (Å²) >= 11 is 0. The van der Waals surface area contributed by atoms with Crippen molar-refractivity contribution in [3.05, 3.63) is 47.8 Å². The van der Waals surface area contributed by atoms with Crippen LogP contribution >= 0.6 is 0 Å². The first-order valence-corrected chi connectivity index (χ1v) is 11.5. The molecule has 1 aromatic heterocycles. The van der Waals surface area contributed by atoms with Gasteiger partial charge in [0.25, 0.3) is 0 Å². The van der Waals surface area contributed by atoms with Crippen LogP contribution in [-0.2, 0) is 12.6 Å². The topological polar surface area (TPSA) is 78.3 Å². The van der Waals surface area contributed by atoms with E-state index in [0.717, 1.165) is 12.1 Å². The highest BCUT2D eigenvalue weighted by atomic mass is 19.4. The van der Waals surface area contributed by atoms with Crippen LogP contribution in [-0.4, -0.2) is 50.9 Å². The van der Waals surface area contributed by atoms with E-state index in [9.17, 15) is 32.2 Å². The summed E-state index contributed by atoms with van der Waals surface area (Å²) in [4.78, 5) is 8.58. The Labute approximate surface area is 194 Å². The summed E-state index contributed by atoms with van der Waals surface area (Å²) in [7, 11) is 0. The van der Waals surface area contributed by atoms with Crippen LogP contribution in [0.5, 0.6) is 0 Å². The van der Waals surface area contributed by atoms with E-state index in [1.54, 1.807) is 6.07 Å². The Hall–Kier alpha value is -2.17. The number of rotatable bonds is 6. The minimum atomic E-state index is -4.48. The quantitative estimate of drug-likeness (QED) is 0.534. The molecular formula is C24H28F5N3O2. The standard InChI is InChI=1S/C24H28F5N3O2/c25-23(26)7-4-16(5-8-23)31-20-12-21(34)19(13-33)18(20)11-17-6-9-30-22(32-17)14-2-1-3-15(10-14)24(27,28)29/h1-3,6,9-10,16,18-21,31,33-34H,4-5,7-8,11-13H2. The summed E-state index contributed by atoms with van der Waals surface area (Å²) in [6.07, 6.45) is -2.70. The molecule has 0 aliphatic heterocycles. The molecule has 2 aromatic rings. The number of aromatic nitrogens is 2. The van der Waals surface area contributed by atoms with Crippen LogP contribution in [0.4, 0.5) is 22.0 Å². The number of aliphatic hydroxyl groups excluding tert-OH is 2. The summed E-state index contributed by atoms with van der Waals surface area (Å²) in [6.45, 7) is -0.238. The van der Waals surface area contributed by atoms with Crippen molar-refractivity contribution in [2.45, 2.75) is 68.8 Å². The lowest BCUT2D eigenvalue weighted by atomic mass is 9.87. The minimum absolute atomic E-state index is 0.0946.